The zero-order valence-corrected chi connectivity index (χ0v) is 19.4. The van der Waals surface area contributed by atoms with Gasteiger partial charge in [-0.3, -0.25) is 14.6 Å². The van der Waals surface area contributed by atoms with Crippen LogP contribution in [0.3, 0.4) is 0 Å². The molecule has 1 aromatic heterocycles. The van der Waals surface area contributed by atoms with Gasteiger partial charge in [0.2, 0.25) is 5.91 Å². The maximum atomic E-state index is 12.5. The molecule has 1 atom stereocenters. The number of benzene rings is 2. The number of piperidine rings is 1. The third kappa shape index (κ3) is 6.04. The lowest BCUT2D eigenvalue weighted by molar-refractivity contribution is -0.122. The molecular weight excluding hydrogens is 410 g/mol. The molecule has 0 spiro atoms. The first-order valence-corrected chi connectivity index (χ1v) is 12.5. The molecule has 3 heterocycles. The Balaban J connectivity index is 0.989. The van der Waals surface area contributed by atoms with Gasteiger partial charge in [0, 0.05) is 37.5 Å². The molecule has 5 heteroatoms. The van der Waals surface area contributed by atoms with Gasteiger partial charge in [0.25, 0.3) is 0 Å². The number of nitrogens with zero attached hydrogens (tertiary/aromatic N) is 2. The molecule has 33 heavy (non-hydrogen) atoms. The molecule has 0 unspecified atom stereocenters. The van der Waals surface area contributed by atoms with Crippen molar-refractivity contribution in [1.82, 2.24) is 15.1 Å². The quantitative estimate of drug-likeness (QED) is 0.540. The summed E-state index contributed by atoms with van der Waals surface area (Å²) in [5.74, 6) is 1.93. The SMILES string of the molecule is O=C(CCC1CCN(Cc2cc3ccccc3o2)CC1)N[C@@H]1CCN(Cc2ccccc2)C1. The van der Waals surface area contributed by atoms with Crippen LogP contribution in [0.15, 0.2) is 65.1 Å². The molecule has 0 saturated carbocycles. The van der Waals surface area contributed by atoms with E-state index in [4.69, 9.17) is 4.42 Å². The third-order valence-corrected chi connectivity index (χ3v) is 7.23. The van der Waals surface area contributed by atoms with E-state index in [1.807, 2.05) is 12.1 Å². The largest absolute Gasteiger partial charge is 0.460 e. The van der Waals surface area contributed by atoms with Gasteiger partial charge in [-0.15, -0.1) is 0 Å². The first kappa shape index (κ1) is 22.2. The molecule has 2 aliphatic rings. The van der Waals surface area contributed by atoms with Crippen molar-refractivity contribution in [2.45, 2.75) is 51.2 Å². The van der Waals surface area contributed by atoms with Gasteiger partial charge < -0.3 is 9.73 Å². The number of para-hydroxylation sites is 1. The van der Waals surface area contributed by atoms with Crippen LogP contribution in [-0.2, 0) is 17.9 Å². The van der Waals surface area contributed by atoms with Crippen molar-refractivity contribution in [2.24, 2.45) is 5.92 Å². The third-order valence-electron chi connectivity index (χ3n) is 7.23. The maximum Gasteiger partial charge on any atom is 0.220 e. The molecule has 3 aromatic rings. The first-order chi connectivity index (χ1) is 16.2. The number of likely N-dealkylation sites (tertiary alicyclic amines) is 2. The van der Waals surface area contributed by atoms with Crippen molar-refractivity contribution >= 4 is 16.9 Å². The zero-order valence-electron chi connectivity index (χ0n) is 19.4. The Labute approximate surface area is 196 Å². The van der Waals surface area contributed by atoms with Gasteiger partial charge in [0.05, 0.1) is 6.54 Å². The van der Waals surface area contributed by atoms with E-state index in [1.165, 1.54) is 23.8 Å². The number of carbonyl (C=O) groups excluding carboxylic acids is 1. The summed E-state index contributed by atoms with van der Waals surface area (Å²) < 4.78 is 5.98. The molecule has 0 aliphatic carbocycles. The highest BCUT2D eigenvalue weighted by molar-refractivity contribution is 5.77. The monoisotopic (exact) mass is 445 g/mol. The summed E-state index contributed by atoms with van der Waals surface area (Å²) in [7, 11) is 0. The summed E-state index contributed by atoms with van der Waals surface area (Å²) in [6.45, 7) is 6.04. The Bertz CT molecular complexity index is 1010. The number of hydrogen-bond acceptors (Lipinski definition) is 4. The van der Waals surface area contributed by atoms with Crippen LogP contribution >= 0.6 is 0 Å². The molecular formula is C28H35N3O2. The number of hydrogen-bond donors (Lipinski definition) is 1. The maximum absolute atomic E-state index is 12.5. The van der Waals surface area contributed by atoms with E-state index in [0.717, 1.165) is 63.5 Å². The fourth-order valence-electron chi connectivity index (χ4n) is 5.34. The van der Waals surface area contributed by atoms with E-state index >= 15 is 0 Å². The topological polar surface area (TPSA) is 48.7 Å². The van der Waals surface area contributed by atoms with Crippen LogP contribution < -0.4 is 5.32 Å². The second kappa shape index (κ2) is 10.5. The highest BCUT2D eigenvalue weighted by atomic mass is 16.3. The van der Waals surface area contributed by atoms with Gasteiger partial charge in [0.1, 0.15) is 11.3 Å². The van der Waals surface area contributed by atoms with Crippen LogP contribution in [0.4, 0.5) is 0 Å². The Morgan fingerprint density at radius 2 is 1.67 bits per heavy atom. The summed E-state index contributed by atoms with van der Waals surface area (Å²) in [5.41, 5.74) is 2.31. The average Bonchev–Trinajstić information content (AvgIpc) is 3.45. The highest BCUT2D eigenvalue weighted by Crippen LogP contribution is 2.25. The minimum atomic E-state index is 0.228. The van der Waals surface area contributed by atoms with Crippen molar-refractivity contribution in [3.8, 4) is 0 Å². The van der Waals surface area contributed by atoms with Gasteiger partial charge >= 0.3 is 0 Å². The van der Waals surface area contributed by atoms with E-state index in [9.17, 15) is 4.79 Å². The Morgan fingerprint density at radius 1 is 0.909 bits per heavy atom. The first-order valence-electron chi connectivity index (χ1n) is 12.5. The number of amides is 1. The van der Waals surface area contributed by atoms with Gasteiger partial charge in [-0.2, -0.15) is 0 Å². The molecule has 0 bridgehead atoms. The molecule has 2 aliphatic heterocycles. The lowest BCUT2D eigenvalue weighted by atomic mass is 9.92. The Hall–Kier alpha value is -2.63. The smallest absolute Gasteiger partial charge is 0.220 e. The van der Waals surface area contributed by atoms with E-state index < -0.39 is 0 Å². The van der Waals surface area contributed by atoms with Crippen LogP contribution in [0, 0.1) is 5.92 Å². The summed E-state index contributed by atoms with van der Waals surface area (Å²) in [4.78, 5) is 17.5. The normalized spacial score (nSPS) is 20.4. The standard InChI is InChI=1S/C28H35N3O2/c32-28(29-25-14-17-31(20-25)19-23-6-2-1-3-7-23)11-10-22-12-15-30(16-13-22)21-26-18-24-8-4-5-9-27(24)33-26/h1-9,18,22,25H,10-17,19-21H2,(H,29,32)/t25-/m1/s1. The highest BCUT2D eigenvalue weighted by Gasteiger charge is 2.25. The summed E-state index contributed by atoms with van der Waals surface area (Å²) >= 11 is 0. The van der Waals surface area contributed by atoms with Crippen LogP contribution in [0.5, 0.6) is 0 Å². The fourth-order valence-corrected chi connectivity index (χ4v) is 5.34. The van der Waals surface area contributed by atoms with Gasteiger partial charge in [0.15, 0.2) is 0 Å². The lowest BCUT2D eigenvalue weighted by Crippen LogP contribution is -2.37. The van der Waals surface area contributed by atoms with Crippen molar-refractivity contribution in [3.05, 3.63) is 72.0 Å². The van der Waals surface area contributed by atoms with Crippen molar-refractivity contribution in [1.29, 1.82) is 0 Å². The predicted octanol–water partition coefficient (Wildman–Crippen LogP) is 4.82. The minimum Gasteiger partial charge on any atom is -0.460 e. The summed E-state index contributed by atoms with van der Waals surface area (Å²) in [6, 6.07) is 21.3. The number of rotatable bonds is 8. The van der Waals surface area contributed by atoms with E-state index in [2.05, 4.69) is 63.6 Å². The van der Waals surface area contributed by atoms with Crippen LogP contribution in [0.2, 0.25) is 0 Å². The Kier molecular flexibility index (Phi) is 7.08. The second-order valence-corrected chi connectivity index (χ2v) is 9.78. The predicted molar refractivity (Wildman–Crippen MR) is 132 cm³/mol. The van der Waals surface area contributed by atoms with Crippen LogP contribution in [0.1, 0.15) is 43.4 Å². The number of fused-ring (bicyclic) bond motifs is 1. The van der Waals surface area contributed by atoms with Crippen molar-refractivity contribution in [2.75, 3.05) is 26.2 Å². The number of furan rings is 1. The van der Waals surface area contributed by atoms with Crippen molar-refractivity contribution < 1.29 is 9.21 Å². The van der Waals surface area contributed by atoms with Gasteiger partial charge in [-0.1, -0.05) is 48.5 Å². The molecule has 1 amide bonds. The van der Waals surface area contributed by atoms with Crippen LogP contribution in [-0.4, -0.2) is 47.9 Å². The number of carbonyl (C=O) groups is 1. The second-order valence-electron chi connectivity index (χ2n) is 9.78. The van der Waals surface area contributed by atoms with E-state index in [0.29, 0.717) is 18.4 Å². The summed E-state index contributed by atoms with van der Waals surface area (Å²) in [6.07, 6.45) is 5.05. The fraction of sp³-hybridized carbons (Fsp3) is 0.464. The van der Waals surface area contributed by atoms with E-state index in [1.54, 1.807) is 0 Å². The van der Waals surface area contributed by atoms with Crippen molar-refractivity contribution in [3.63, 3.8) is 0 Å². The van der Waals surface area contributed by atoms with Crippen LogP contribution in [0.25, 0.3) is 11.0 Å². The molecule has 1 N–H and O–H groups in total. The zero-order chi connectivity index (χ0) is 22.5. The Morgan fingerprint density at radius 3 is 2.48 bits per heavy atom. The molecule has 2 aromatic carbocycles. The molecule has 174 valence electrons. The minimum absolute atomic E-state index is 0.228. The molecule has 5 rings (SSSR count). The van der Waals surface area contributed by atoms with Gasteiger partial charge in [-0.05, 0) is 62.4 Å². The lowest BCUT2D eigenvalue weighted by Gasteiger charge is -2.31. The van der Waals surface area contributed by atoms with Gasteiger partial charge in [-0.25, -0.2) is 0 Å². The number of nitrogens with one attached hydrogen (secondary N) is 1. The van der Waals surface area contributed by atoms with E-state index in [-0.39, 0.29) is 5.91 Å². The average molecular weight is 446 g/mol. The molecule has 2 fully saturated rings. The molecule has 5 nitrogen and oxygen atoms in total. The summed E-state index contributed by atoms with van der Waals surface area (Å²) in [5, 5.41) is 4.46. The molecule has 2 saturated heterocycles. The molecule has 0 radical (unpaired) electrons.